The Morgan fingerprint density at radius 1 is 1.27 bits per heavy atom. The van der Waals surface area contributed by atoms with Crippen LogP contribution in [0.5, 0.6) is 5.88 Å². The van der Waals surface area contributed by atoms with E-state index in [1.54, 1.807) is 24.7 Å². The normalized spacial score (nSPS) is 15.8. The van der Waals surface area contributed by atoms with Gasteiger partial charge in [0, 0.05) is 31.0 Å². The number of hydrogen-bond acceptors (Lipinski definition) is 5. The number of halogens is 1. The molecule has 1 aliphatic heterocycles. The molecule has 0 saturated carbocycles. The molecule has 5 nitrogen and oxygen atoms in total. The monoisotopic (exact) mass is 318 g/mol. The summed E-state index contributed by atoms with van der Waals surface area (Å²) in [5.74, 6) is 2.06. The van der Waals surface area contributed by atoms with Crippen LogP contribution < -0.4 is 9.64 Å². The third-order valence-electron chi connectivity index (χ3n) is 3.91. The molecule has 3 heterocycles. The minimum atomic E-state index is 0.525. The molecule has 0 radical (unpaired) electrons. The topological polar surface area (TPSA) is 51.1 Å². The average molecular weight is 319 g/mol. The fourth-order valence-corrected chi connectivity index (χ4v) is 2.79. The van der Waals surface area contributed by atoms with Crippen molar-refractivity contribution in [3.05, 3.63) is 41.4 Å². The van der Waals surface area contributed by atoms with Crippen LogP contribution in [-0.4, -0.2) is 34.6 Å². The number of piperidine rings is 1. The van der Waals surface area contributed by atoms with E-state index in [0.717, 1.165) is 37.4 Å². The van der Waals surface area contributed by atoms with Crippen LogP contribution in [0.4, 0.5) is 5.82 Å². The van der Waals surface area contributed by atoms with Crippen molar-refractivity contribution in [1.29, 1.82) is 0 Å². The van der Waals surface area contributed by atoms with Crippen LogP contribution in [0.3, 0.4) is 0 Å². The van der Waals surface area contributed by atoms with Gasteiger partial charge >= 0.3 is 0 Å². The SMILES string of the molecule is Cc1cc(N2CCC(COc3ncccc3Cl)CC2)ncn1. The van der Waals surface area contributed by atoms with Gasteiger partial charge in [0.1, 0.15) is 17.2 Å². The van der Waals surface area contributed by atoms with E-state index in [1.165, 1.54) is 0 Å². The van der Waals surface area contributed by atoms with Gasteiger partial charge in [-0.25, -0.2) is 15.0 Å². The molecule has 2 aromatic rings. The minimum Gasteiger partial charge on any atom is -0.476 e. The number of aromatic nitrogens is 3. The van der Waals surface area contributed by atoms with Crippen LogP contribution in [0, 0.1) is 12.8 Å². The molecular weight excluding hydrogens is 300 g/mol. The molecule has 0 aliphatic carbocycles. The van der Waals surface area contributed by atoms with Crippen LogP contribution in [0.15, 0.2) is 30.7 Å². The number of anilines is 1. The number of hydrogen-bond donors (Lipinski definition) is 0. The van der Waals surface area contributed by atoms with Gasteiger partial charge in [0.2, 0.25) is 5.88 Å². The molecule has 6 heteroatoms. The third-order valence-corrected chi connectivity index (χ3v) is 4.20. The zero-order chi connectivity index (χ0) is 15.4. The van der Waals surface area contributed by atoms with Gasteiger partial charge in [-0.3, -0.25) is 0 Å². The summed E-state index contributed by atoms with van der Waals surface area (Å²) in [5, 5.41) is 0.566. The van der Waals surface area contributed by atoms with Gasteiger partial charge < -0.3 is 9.64 Å². The number of aryl methyl sites for hydroxylation is 1. The largest absolute Gasteiger partial charge is 0.476 e. The summed E-state index contributed by atoms with van der Waals surface area (Å²) in [6.07, 6.45) is 5.48. The molecule has 0 atom stereocenters. The first kappa shape index (κ1) is 15.0. The van der Waals surface area contributed by atoms with Crippen molar-refractivity contribution in [1.82, 2.24) is 15.0 Å². The highest BCUT2D eigenvalue weighted by molar-refractivity contribution is 6.31. The predicted molar refractivity (Wildman–Crippen MR) is 86.4 cm³/mol. The first-order valence-corrected chi connectivity index (χ1v) is 7.87. The van der Waals surface area contributed by atoms with E-state index < -0.39 is 0 Å². The fourth-order valence-electron chi connectivity index (χ4n) is 2.62. The van der Waals surface area contributed by atoms with Gasteiger partial charge in [0.25, 0.3) is 0 Å². The summed E-state index contributed by atoms with van der Waals surface area (Å²) >= 11 is 6.05. The number of ether oxygens (including phenoxy) is 1. The lowest BCUT2D eigenvalue weighted by molar-refractivity contribution is 0.216. The maximum absolute atomic E-state index is 6.05. The zero-order valence-corrected chi connectivity index (χ0v) is 13.3. The lowest BCUT2D eigenvalue weighted by Gasteiger charge is -2.32. The second kappa shape index (κ2) is 6.92. The Morgan fingerprint density at radius 3 is 2.82 bits per heavy atom. The molecular formula is C16H19ClN4O. The molecule has 1 fully saturated rings. The van der Waals surface area contributed by atoms with Gasteiger partial charge in [-0.1, -0.05) is 11.6 Å². The quantitative estimate of drug-likeness (QED) is 0.867. The van der Waals surface area contributed by atoms with E-state index >= 15 is 0 Å². The summed E-state index contributed by atoms with van der Waals surface area (Å²) in [5.41, 5.74) is 1.00. The van der Waals surface area contributed by atoms with Crippen LogP contribution in [0.1, 0.15) is 18.5 Å². The van der Waals surface area contributed by atoms with E-state index in [2.05, 4.69) is 19.9 Å². The Labute approximate surface area is 135 Å². The third kappa shape index (κ3) is 3.65. The summed E-state index contributed by atoms with van der Waals surface area (Å²) in [6.45, 7) is 4.62. The molecule has 0 N–H and O–H groups in total. The van der Waals surface area contributed by atoms with Crippen molar-refractivity contribution in [3.8, 4) is 5.88 Å². The maximum atomic E-state index is 6.05. The summed E-state index contributed by atoms with van der Waals surface area (Å²) in [4.78, 5) is 15.0. The Morgan fingerprint density at radius 2 is 2.09 bits per heavy atom. The van der Waals surface area contributed by atoms with E-state index in [1.807, 2.05) is 13.0 Å². The second-order valence-electron chi connectivity index (χ2n) is 5.55. The Kier molecular flexibility index (Phi) is 4.73. The van der Waals surface area contributed by atoms with Crippen molar-refractivity contribution >= 4 is 17.4 Å². The van der Waals surface area contributed by atoms with Gasteiger partial charge in [-0.2, -0.15) is 0 Å². The molecule has 0 amide bonds. The highest BCUT2D eigenvalue weighted by atomic mass is 35.5. The highest BCUT2D eigenvalue weighted by Gasteiger charge is 2.21. The number of pyridine rings is 1. The second-order valence-corrected chi connectivity index (χ2v) is 5.96. The lowest BCUT2D eigenvalue weighted by Crippen LogP contribution is -2.36. The molecule has 0 bridgehead atoms. The molecule has 1 saturated heterocycles. The van der Waals surface area contributed by atoms with Crippen LogP contribution in [0.2, 0.25) is 5.02 Å². The Balaban J connectivity index is 1.51. The van der Waals surface area contributed by atoms with Crippen molar-refractivity contribution in [2.24, 2.45) is 5.92 Å². The summed E-state index contributed by atoms with van der Waals surface area (Å²) < 4.78 is 5.75. The minimum absolute atomic E-state index is 0.525. The van der Waals surface area contributed by atoms with E-state index in [9.17, 15) is 0 Å². The first-order valence-electron chi connectivity index (χ1n) is 7.49. The highest BCUT2D eigenvalue weighted by Crippen LogP contribution is 2.25. The average Bonchev–Trinajstić information content (AvgIpc) is 2.55. The molecule has 0 spiro atoms. The molecule has 22 heavy (non-hydrogen) atoms. The zero-order valence-electron chi connectivity index (χ0n) is 12.6. The van der Waals surface area contributed by atoms with Gasteiger partial charge in [0.05, 0.1) is 6.61 Å². The fraction of sp³-hybridized carbons (Fsp3) is 0.438. The standard InChI is InChI=1S/C16H19ClN4O/c1-12-9-15(20-11-19-12)21-7-4-13(5-8-21)10-22-16-14(17)3-2-6-18-16/h2-3,6,9,11,13H,4-5,7-8,10H2,1H3. The van der Waals surface area contributed by atoms with Crippen molar-refractivity contribution in [3.63, 3.8) is 0 Å². The van der Waals surface area contributed by atoms with Gasteiger partial charge in [-0.15, -0.1) is 0 Å². The van der Waals surface area contributed by atoms with E-state index in [-0.39, 0.29) is 0 Å². The lowest BCUT2D eigenvalue weighted by atomic mass is 9.98. The predicted octanol–water partition coefficient (Wildman–Crippen LogP) is 3.13. The summed E-state index contributed by atoms with van der Waals surface area (Å²) in [7, 11) is 0. The van der Waals surface area contributed by atoms with E-state index in [0.29, 0.717) is 23.4 Å². The van der Waals surface area contributed by atoms with Gasteiger partial charge in [0.15, 0.2) is 0 Å². The molecule has 0 aromatic carbocycles. The number of nitrogens with zero attached hydrogens (tertiary/aromatic N) is 4. The van der Waals surface area contributed by atoms with Crippen LogP contribution in [0.25, 0.3) is 0 Å². The van der Waals surface area contributed by atoms with Crippen molar-refractivity contribution in [2.45, 2.75) is 19.8 Å². The summed E-state index contributed by atoms with van der Waals surface area (Å²) in [6, 6.07) is 5.63. The van der Waals surface area contributed by atoms with E-state index in [4.69, 9.17) is 16.3 Å². The smallest absolute Gasteiger partial charge is 0.232 e. The first-order chi connectivity index (χ1) is 10.7. The van der Waals surface area contributed by atoms with Crippen molar-refractivity contribution in [2.75, 3.05) is 24.6 Å². The maximum Gasteiger partial charge on any atom is 0.232 e. The molecule has 3 rings (SSSR count). The van der Waals surface area contributed by atoms with Gasteiger partial charge in [-0.05, 0) is 37.8 Å². The van der Waals surface area contributed by atoms with Crippen LogP contribution >= 0.6 is 11.6 Å². The Hall–Kier alpha value is -1.88. The molecule has 2 aromatic heterocycles. The van der Waals surface area contributed by atoms with Crippen molar-refractivity contribution < 1.29 is 4.74 Å². The number of rotatable bonds is 4. The molecule has 0 unspecified atom stereocenters. The molecule has 1 aliphatic rings. The molecule has 116 valence electrons. The van der Waals surface area contributed by atoms with Crippen LogP contribution in [-0.2, 0) is 0 Å². The Bertz CT molecular complexity index is 629.